The van der Waals surface area contributed by atoms with Crippen LogP contribution in [0.15, 0.2) is 29.1 Å². The van der Waals surface area contributed by atoms with Crippen LogP contribution in [0.4, 0.5) is 5.82 Å². The molecule has 172 valence electrons. The van der Waals surface area contributed by atoms with Crippen molar-refractivity contribution in [1.29, 1.82) is 0 Å². The van der Waals surface area contributed by atoms with E-state index in [9.17, 15) is 4.79 Å². The topological polar surface area (TPSA) is 115 Å². The van der Waals surface area contributed by atoms with Crippen molar-refractivity contribution in [3.8, 4) is 6.01 Å². The highest BCUT2D eigenvalue weighted by Gasteiger charge is 2.16. The summed E-state index contributed by atoms with van der Waals surface area (Å²) in [4.78, 5) is 28.8. The number of hydrogen-bond acceptors (Lipinski definition) is 8. The van der Waals surface area contributed by atoms with Gasteiger partial charge in [0.05, 0.1) is 13.2 Å². The van der Waals surface area contributed by atoms with Gasteiger partial charge < -0.3 is 25.1 Å². The summed E-state index contributed by atoms with van der Waals surface area (Å²) in [6.07, 6.45) is 1.18. The molecule has 0 aliphatic carbocycles. The Bertz CT molecular complexity index is 1110. The monoisotopic (exact) mass is 441 g/mol. The van der Waals surface area contributed by atoms with Gasteiger partial charge in [0.15, 0.2) is 11.5 Å². The first kappa shape index (κ1) is 22.3. The quantitative estimate of drug-likeness (QED) is 0.496. The summed E-state index contributed by atoms with van der Waals surface area (Å²) in [7, 11) is 3.76. The van der Waals surface area contributed by atoms with Gasteiger partial charge in [-0.15, -0.1) is 0 Å². The Hall–Kier alpha value is -2.95. The molecule has 3 heterocycles. The predicted octanol–water partition coefficient (Wildman–Crippen LogP) is 0.913. The number of fused-ring (bicyclic) bond motifs is 1. The van der Waals surface area contributed by atoms with E-state index in [1.165, 1.54) is 12.0 Å². The fraction of sp³-hybridized carbons (Fsp3) is 0.500. The van der Waals surface area contributed by atoms with Crippen LogP contribution >= 0.6 is 0 Å². The minimum Gasteiger partial charge on any atom is -0.461 e. The lowest BCUT2D eigenvalue weighted by molar-refractivity contribution is 0.141. The van der Waals surface area contributed by atoms with Crippen LogP contribution in [0.25, 0.3) is 11.2 Å². The Balaban J connectivity index is 1.54. The van der Waals surface area contributed by atoms with Crippen molar-refractivity contribution in [1.82, 2.24) is 29.3 Å². The second-order valence-corrected chi connectivity index (χ2v) is 8.20. The second kappa shape index (κ2) is 10.1. The molecule has 4 rings (SSSR count). The molecule has 32 heavy (non-hydrogen) atoms. The lowest BCUT2D eigenvalue weighted by Crippen LogP contribution is -2.28. The Morgan fingerprint density at radius 1 is 1.09 bits per heavy atom. The molecular weight excluding hydrogens is 410 g/mol. The van der Waals surface area contributed by atoms with E-state index < -0.39 is 0 Å². The number of aromatic nitrogens is 4. The van der Waals surface area contributed by atoms with Gasteiger partial charge in [0.1, 0.15) is 12.1 Å². The second-order valence-electron chi connectivity index (χ2n) is 8.20. The minimum atomic E-state index is -0.281. The lowest BCUT2D eigenvalue weighted by atomic mass is 10.1. The molecule has 0 radical (unpaired) electrons. The highest BCUT2D eigenvalue weighted by molar-refractivity contribution is 5.81. The normalized spacial score (nSPS) is 15.8. The van der Waals surface area contributed by atoms with Crippen LogP contribution in [-0.4, -0.2) is 82.9 Å². The first-order valence-electron chi connectivity index (χ1n) is 10.9. The third kappa shape index (κ3) is 5.26. The number of rotatable bonds is 8. The number of aromatic amines is 1. The van der Waals surface area contributed by atoms with E-state index >= 15 is 0 Å². The van der Waals surface area contributed by atoms with Crippen molar-refractivity contribution in [2.45, 2.75) is 19.5 Å². The number of likely N-dealkylation sites (N-methyl/N-ethyl adjacent to an activating group) is 1. The summed E-state index contributed by atoms with van der Waals surface area (Å²) in [5.74, 6) is 0.179. The molecule has 0 bridgehead atoms. The minimum absolute atomic E-state index is 0.125. The number of nitrogens with zero attached hydrogens (tertiary/aromatic N) is 5. The molecule has 2 aromatic heterocycles. The number of nitrogen functional groups attached to an aromatic ring is 1. The fourth-order valence-corrected chi connectivity index (χ4v) is 3.98. The number of imidazole rings is 1. The van der Waals surface area contributed by atoms with Gasteiger partial charge in [0.2, 0.25) is 0 Å². The molecular formula is C22H31N7O3. The van der Waals surface area contributed by atoms with Gasteiger partial charge in [-0.3, -0.25) is 9.47 Å². The Kier molecular flexibility index (Phi) is 7.03. The average molecular weight is 442 g/mol. The van der Waals surface area contributed by atoms with Crippen molar-refractivity contribution in [2.24, 2.45) is 0 Å². The molecule has 0 saturated carbocycles. The standard InChI is InChI=1S/C22H31N7O3/c1-27-7-4-8-28(10-9-27)14-16-5-3-6-17(13-16)15-29-20-18(24-22(29)30)19(23)25-21(26-20)32-12-11-31-2/h3,5-6,13H,4,7-12,14-15H2,1-2H3,(H,24,30)(H2,23,25,26). The average Bonchev–Trinajstić information content (AvgIpc) is 2.94. The Morgan fingerprint density at radius 2 is 1.91 bits per heavy atom. The van der Waals surface area contributed by atoms with Crippen molar-refractivity contribution >= 4 is 17.0 Å². The summed E-state index contributed by atoms with van der Waals surface area (Å²) in [6.45, 7) is 6.36. The van der Waals surface area contributed by atoms with E-state index in [0.717, 1.165) is 38.3 Å². The van der Waals surface area contributed by atoms with E-state index in [1.54, 1.807) is 11.7 Å². The maximum atomic E-state index is 12.6. The van der Waals surface area contributed by atoms with Crippen LogP contribution < -0.4 is 16.2 Å². The number of nitrogens with one attached hydrogen (secondary N) is 1. The zero-order valence-corrected chi connectivity index (χ0v) is 18.7. The summed E-state index contributed by atoms with van der Waals surface area (Å²) in [5, 5.41) is 0. The van der Waals surface area contributed by atoms with Crippen LogP contribution in [0.3, 0.4) is 0 Å². The molecule has 0 spiro atoms. The fourth-order valence-electron chi connectivity index (χ4n) is 3.98. The van der Waals surface area contributed by atoms with Crippen LogP contribution in [0.5, 0.6) is 6.01 Å². The summed E-state index contributed by atoms with van der Waals surface area (Å²) >= 11 is 0. The number of hydrogen-bond donors (Lipinski definition) is 2. The van der Waals surface area contributed by atoms with Gasteiger partial charge in [-0.25, -0.2) is 4.79 Å². The molecule has 1 aromatic carbocycles. The highest BCUT2D eigenvalue weighted by atomic mass is 16.5. The predicted molar refractivity (Wildman–Crippen MR) is 123 cm³/mol. The first-order valence-corrected chi connectivity index (χ1v) is 10.9. The van der Waals surface area contributed by atoms with Crippen LogP contribution in [0.2, 0.25) is 0 Å². The molecule has 1 saturated heterocycles. The third-order valence-electron chi connectivity index (χ3n) is 5.70. The van der Waals surface area contributed by atoms with Crippen LogP contribution in [0.1, 0.15) is 17.5 Å². The first-order chi connectivity index (χ1) is 15.5. The number of methoxy groups -OCH3 is 1. The smallest absolute Gasteiger partial charge is 0.328 e. The number of H-pyrrole nitrogens is 1. The molecule has 0 unspecified atom stereocenters. The number of nitrogens with two attached hydrogens (primary N) is 1. The zero-order chi connectivity index (χ0) is 22.5. The van der Waals surface area contributed by atoms with E-state index in [1.807, 2.05) is 12.1 Å². The molecule has 10 nitrogen and oxygen atoms in total. The van der Waals surface area contributed by atoms with E-state index in [4.69, 9.17) is 15.2 Å². The van der Waals surface area contributed by atoms with Crippen molar-refractivity contribution in [3.05, 3.63) is 45.9 Å². The van der Waals surface area contributed by atoms with Crippen molar-refractivity contribution in [3.63, 3.8) is 0 Å². The van der Waals surface area contributed by atoms with Crippen LogP contribution in [-0.2, 0) is 17.8 Å². The van der Waals surface area contributed by atoms with Gasteiger partial charge in [0.25, 0.3) is 0 Å². The van der Waals surface area contributed by atoms with Crippen LogP contribution in [0, 0.1) is 0 Å². The summed E-state index contributed by atoms with van der Waals surface area (Å²) < 4.78 is 12.1. The molecule has 10 heteroatoms. The van der Waals surface area contributed by atoms with Crippen molar-refractivity contribution in [2.75, 3.05) is 59.3 Å². The van der Waals surface area contributed by atoms with Gasteiger partial charge in [-0.2, -0.15) is 9.97 Å². The van der Waals surface area contributed by atoms with Gasteiger partial charge in [-0.05, 0) is 37.7 Å². The number of anilines is 1. The van der Waals surface area contributed by atoms with Gasteiger partial charge in [0, 0.05) is 26.7 Å². The van der Waals surface area contributed by atoms with Gasteiger partial charge in [-0.1, -0.05) is 24.3 Å². The van der Waals surface area contributed by atoms with E-state index in [-0.39, 0.29) is 17.5 Å². The Morgan fingerprint density at radius 3 is 2.72 bits per heavy atom. The summed E-state index contributed by atoms with van der Waals surface area (Å²) in [6, 6.07) is 8.47. The largest absolute Gasteiger partial charge is 0.461 e. The Labute approximate surface area is 187 Å². The molecule has 0 amide bonds. The number of ether oxygens (including phenoxy) is 2. The molecule has 1 aliphatic heterocycles. The third-order valence-corrected chi connectivity index (χ3v) is 5.70. The summed E-state index contributed by atoms with van der Waals surface area (Å²) in [5.41, 5.74) is 8.85. The molecule has 1 fully saturated rings. The maximum Gasteiger partial charge on any atom is 0.328 e. The molecule has 3 N–H and O–H groups in total. The maximum absolute atomic E-state index is 12.6. The van der Waals surface area contributed by atoms with Crippen molar-refractivity contribution < 1.29 is 9.47 Å². The zero-order valence-electron chi connectivity index (χ0n) is 18.7. The molecule has 0 atom stereocenters. The molecule has 1 aliphatic rings. The SMILES string of the molecule is COCCOc1nc(N)c2[nH]c(=O)n(Cc3cccc(CN4CCCN(C)CC4)c3)c2n1. The van der Waals surface area contributed by atoms with E-state index in [0.29, 0.717) is 30.9 Å². The van der Waals surface area contributed by atoms with E-state index in [2.05, 4.69) is 43.9 Å². The van der Waals surface area contributed by atoms with Gasteiger partial charge >= 0.3 is 11.7 Å². The lowest BCUT2D eigenvalue weighted by Gasteiger charge is -2.20. The molecule has 3 aromatic rings. The highest BCUT2D eigenvalue weighted by Crippen LogP contribution is 2.19. The number of benzene rings is 1.